The zero-order valence-corrected chi connectivity index (χ0v) is 12.4. The molecule has 1 aromatic carbocycles. The van der Waals surface area contributed by atoms with Crippen LogP contribution >= 0.6 is 0 Å². The monoisotopic (exact) mass is 299 g/mol. The number of hydrogen-bond acceptors (Lipinski definition) is 4. The largest absolute Gasteiger partial charge is 0.496 e. The molecule has 0 fully saturated rings. The highest BCUT2D eigenvalue weighted by molar-refractivity contribution is 6.39. The number of anilines is 1. The first-order valence-electron chi connectivity index (χ1n) is 6.75. The number of hydrogen-bond donors (Lipinski definition) is 2. The normalized spacial score (nSPS) is 9.91. The fourth-order valence-corrected chi connectivity index (χ4v) is 1.89. The summed E-state index contributed by atoms with van der Waals surface area (Å²) in [5, 5.41) is 5.00. The lowest BCUT2D eigenvalue weighted by atomic mass is 10.2. The minimum Gasteiger partial charge on any atom is -0.496 e. The van der Waals surface area contributed by atoms with Crippen LogP contribution in [0.4, 0.5) is 5.82 Å². The standard InChI is InChI=1S/C16H17N3O3/c1-11-6-5-9-14(18-11)19-16(21)15(20)17-10-12-7-3-4-8-13(12)22-2/h3-9H,10H2,1-2H3,(H,17,20)(H,18,19,21). The van der Waals surface area contributed by atoms with Gasteiger partial charge in [0.1, 0.15) is 11.6 Å². The van der Waals surface area contributed by atoms with Gasteiger partial charge in [-0.05, 0) is 25.1 Å². The zero-order valence-electron chi connectivity index (χ0n) is 12.4. The molecule has 0 aliphatic rings. The highest BCUT2D eigenvalue weighted by Crippen LogP contribution is 2.16. The molecule has 114 valence electrons. The van der Waals surface area contributed by atoms with Crippen LogP contribution in [0, 0.1) is 6.92 Å². The Hall–Kier alpha value is -2.89. The van der Waals surface area contributed by atoms with Gasteiger partial charge >= 0.3 is 11.8 Å². The average molecular weight is 299 g/mol. The number of pyridine rings is 1. The van der Waals surface area contributed by atoms with Crippen molar-refractivity contribution in [3.8, 4) is 5.75 Å². The molecule has 0 bridgehead atoms. The van der Waals surface area contributed by atoms with Crippen molar-refractivity contribution in [3.63, 3.8) is 0 Å². The van der Waals surface area contributed by atoms with Crippen LogP contribution in [0.15, 0.2) is 42.5 Å². The summed E-state index contributed by atoms with van der Waals surface area (Å²) < 4.78 is 5.19. The van der Waals surface area contributed by atoms with Crippen molar-refractivity contribution in [2.45, 2.75) is 13.5 Å². The first-order chi connectivity index (χ1) is 10.6. The molecule has 2 amide bonds. The van der Waals surface area contributed by atoms with E-state index in [2.05, 4.69) is 15.6 Å². The number of nitrogens with zero attached hydrogens (tertiary/aromatic N) is 1. The van der Waals surface area contributed by atoms with Gasteiger partial charge in [-0.25, -0.2) is 4.98 Å². The van der Waals surface area contributed by atoms with Crippen molar-refractivity contribution in [2.75, 3.05) is 12.4 Å². The minimum absolute atomic E-state index is 0.206. The van der Waals surface area contributed by atoms with Crippen molar-refractivity contribution in [2.24, 2.45) is 0 Å². The van der Waals surface area contributed by atoms with E-state index >= 15 is 0 Å². The maximum Gasteiger partial charge on any atom is 0.314 e. The number of ether oxygens (including phenoxy) is 1. The molecular weight excluding hydrogens is 282 g/mol. The Morgan fingerprint density at radius 3 is 2.59 bits per heavy atom. The van der Waals surface area contributed by atoms with Crippen molar-refractivity contribution in [3.05, 3.63) is 53.7 Å². The fourth-order valence-electron chi connectivity index (χ4n) is 1.89. The second-order valence-electron chi connectivity index (χ2n) is 4.61. The SMILES string of the molecule is COc1ccccc1CNC(=O)C(=O)Nc1cccc(C)n1. The fraction of sp³-hybridized carbons (Fsp3) is 0.188. The summed E-state index contributed by atoms with van der Waals surface area (Å²) in [6.45, 7) is 2.01. The Morgan fingerprint density at radius 2 is 1.86 bits per heavy atom. The quantitative estimate of drug-likeness (QED) is 0.841. The summed E-state index contributed by atoms with van der Waals surface area (Å²) in [6.07, 6.45) is 0. The molecule has 2 aromatic rings. The van der Waals surface area contributed by atoms with Gasteiger partial charge in [-0.2, -0.15) is 0 Å². The van der Waals surface area contributed by atoms with Crippen LogP contribution < -0.4 is 15.4 Å². The summed E-state index contributed by atoms with van der Waals surface area (Å²) in [7, 11) is 1.55. The predicted molar refractivity (Wildman–Crippen MR) is 82.4 cm³/mol. The number of rotatable bonds is 4. The number of aromatic nitrogens is 1. The average Bonchev–Trinajstić information content (AvgIpc) is 2.52. The van der Waals surface area contributed by atoms with Gasteiger partial charge in [0, 0.05) is 17.8 Å². The van der Waals surface area contributed by atoms with E-state index in [0.29, 0.717) is 11.6 Å². The van der Waals surface area contributed by atoms with E-state index in [1.54, 1.807) is 38.3 Å². The molecule has 1 aromatic heterocycles. The molecule has 6 heteroatoms. The van der Waals surface area contributed by atoms with Crippen LogP contribution in [0.1, 0.15) is 11.3 Å². The number of methoxy groups -OCH3 is 1. The number of nitrogens with one attached hydrogen (secondary N) is 2. The Labute approximate surface area is 128 Å². The van der Waals surface area contributed by atoms with Crippen LogP contribution in [0.5, 0.6) is 5.75 Å². The molecule has 0 radical (unpaired) electrons. The van der Waals surface area contributed by atoms with E-state index in [-0.39, 0.29) is 6.54 Å². The summed E-state index contributed by atoms with van der Waals surface area (Å²) in [6, 6.07) is 12.5. The number of aryl methyl sites for hydroxylation is 1. The summed E-state index contributed by atoms with van der Waals surface area (Å²) in [5.41, 5.74) is 1.55. The number of para-hydroxylation sites is 1. The van der Waals surface area contributed by atoms with Crippen LogP contribution in [-0.2, 0) is 16.1 Å². The summed E-state index contributed by atoms with van der Waals surface area (Å²) in [4.78, 5) is 27.7. The molecule has 0 aliphatic carbocycles. The number of benzene rings is 1. The van der Waals surface area contributed by atoms with Crippen molar-refractivity contribution in [1.29, 1.82) is 0 Å². The molecule has 6 nitrogen and oxygen atoms in total. The number of amides is 2. The van der Waals surface area contributed by atoms with E-state index in [4.69, 9.17) is 4.74 Å². The zero-order chi connectivity index (χ0) is 15.9. The smallest absolute Gasteiger partial charge is 0.314 e. The van der Waals surface area contributed by atoms with Gasteiger partial charge in [-0.1, -0.05) is 24.3 Å². The molecule has 0 spiro atoms. The van der Waals surface area contributed by atoms with Crippen molar-refractivity contribution >= 4 is 17.6 Å². The van der Waals surface area contributed by atoms with Gasteiger partial charge in [0.2, 0.25) is 0 Å². The third-order valence-electron chi connectivity index (χ3n) is 2.97. The number of carbonyl (C=O) groups excluding carboxylic acids is 2. The molecular formula is C16H17N3O3. The van der Waals surface area contributed by atoms with E-state index in [0.717, 1.165) is 11.3 Å². The van der Waals surface area contributed by atoms with E-state index < -0.39 is 11.8 Å². The maximum absolute atomic E-state index is 11.8. The molecule has 0 atom stereocenters. The molecule has 0 saturated carbocycles. The molecule has 0 unspecified atom stereocenters. The maximum atomic E-state index is 11.8. The molecule has 2 N–H and O–H groups in total. The second-order valence-corrected chi connectivity index (χ2v) is 4.61. The third-order valence-corrected chi connectivity index (χ3v) is 2.97. The van der Waals surface area contributed by atoms with Crippen LogP contribution in [0.25, 0.3) is 0 Å². The first kappa shape index (κ1) is 15.5. The van der Waals surface area contributed by atoms with Crippen LogP contribution in [-0.4, -0.2) is 23.9 Å². The van der Waals surface area contributed by atoms with Crippen molar-refractivity contribution in [1.82, 2.24) is 10.3 Å². The Bertz CT molecular complexity index is 686. The lowest BCUT2D eigenvalue weighted by molar-refractivity contribution is -0.136. The highest BCUT2D eigenvalue weighted by Gasteiger charge is 2.14. The third kappa shape index (κ3) is 4.05. The summed E-state index contributed by atoms with van der Waals surface area (Å²) >= 11 is 0. The lowest BCUT2D eigenvalue weighted by Gasteiger charge is -2.09. The number of carbonyl (C=O) groups is 2. The molecule has 2 rings (SSSR count). The van der Waals surface area contributed by atoms with E-state index in [1.165, 1.54) is 0 Å². The molecule has 22 heavy (non-hydrogen) atoms. The van der Waals surface area contributed by atoms with E-state index in [9.17, 15) is 9.59 Å². The molecule has 0 saturated heterocycles. The Kier molecular flexibility index (Phi) is 5.08. The second kappa shape index (κ2) is 7.21. The highest BCUT2D eigenvalue weighted by atomic mass is 16.5. The van der Waals surface area contributed by atoms with Gasteiger partial charge in [0.25, 0.3) is 0 Å². The van der Waals surface area contributed by atoms with E-state index in [1.807, 2.05) is 18.2 Å². The predicted octanol–water partition coefficient (Wildman–Crippen LogP) is 1.65. The van der Waals surface area contributed by atoms with Gasteiger partial charge in [-0.15, -0.1) is 0 Å². The van der Waals surface area contributed by atoms with Gasteiger partial charge in [0.05, 0.1) is 7.11 Å². The van der Waals surface area contributed by atoms with Crippen molar-refractivity contribution < 1.29 is 14.3 Å². The van der Waals surface area contributed by atoms with Crippen LogP contribution in [0.2, 0.25) is 0 Å². The lowest BCUT2D eigenvalue weighted by Crippen LogP contribution is -2.35. The minimum atomic E-state index is -0.756. The molecule has 1 heterocycles. The first-order valence-corrected chi connectivity index (χ1v) is 6.75. The Balaban J connectivity index is 1.93. The topological polar surface area (TPSA) is 80.3 Å². The Morgan fingerprint density at radius 1 is 1.09 bits per heavy atom. The summed E-state index contributed by atoms with van der Waals surface area (Å²) in [5.74, 6) is -0.483. The van der Waals surface area contributed by atoms with Crippen LogP contribution in [0.3, 0.4) is 0 Å². The van der Waals surface area contributed by atoms with Gasteiger partial charge < -0.3 is 15.4 Å². The molecule has 0 aliphatic heterocycles. The van der Waals surface area contributed by atoms with Gasteiger partial charge in [-0.3, -0.25) is 9.59 Å². The van der Waals surface area contributed by atoms with Gasteiger partial charge in [0.15, 0.2) is 0 Å².